The van der Waals surface area contributed by atoms with Gasteiger partial charge >= 0.3 is 0 Å². The minimum Gasteiger partial charge on any atom is -0.494 e. The van der Waals surface area contributed by atoms with Gasteiger partial charge < -0.3 is 15.4 Å². The van der Waals surface area contributed by atoms with Crippen molar-refractivity contribution in [3.63, 3.8) is 0 Å². The molecule has 1 fully saturated rings. The first kappa shape index (κ1) is 23.0. The van der Waals surface area contributed by atoms with Crippen molar-refractivity contribution in [2.45, 2.75) is 19.8 Å². The molecule has 2 heterocycles. The molecule has 0 aliphatic heterocycles. The average molecular weight is 466 g/mol. The molecular weight excluding hydrogens is 443 g/mol. The Morgan fingerprint density at radius 2 is 1.91 bits per heavy atom. The van der Waals surface area contributed by atoms with Crippen molar-refractivity contribution in [1.82, 2.24) is 31.0 Å². The van der Waals surface area contributed by atoms with Crippen molar-refractivity contribution in [3.05, 3.63) is 48.2 Å². The van der Waals surface area contributed by atoms with Crippen LogP contribution >= 0.6 is 0 Å². The Morgan fingerprint density at radius 1 is 1.15 bits per heavy atom. The molecule has 0 saturated heterocycles. The van der Waals surface area contributed by atoms with E-state index in [1.54, 1.807) is 18.2 Å². The summed E-state index contributed by atoms with van der Waals surface area (Å²) in [5.41, 5.74) is 6.52. The predicted molar refractivity (Wildman–Crippen MR) is 122 cm³/mol. The van der Waals surface area contributed by atoms with E-state index in [1.165, 1.54) is 13.2 Å². The van der Waals surface area contributed by atoms with E-state index in [2.05, 4.69) is 41.7 Å². The molecular formula is C22H23FN8O3. The number of para-hydroxylation sites is 1. The van der Waals surface area contributed by atoms with E-state index in [1.807, 2.05) is 6.92 Å². The van der Waals surface area contributed by atoms with Crippen LogP contribution < -0.4 is 26.2 Å². The maximum Gasteiger partial charge on any atom is 0.288 e. The number of carbonyl (C=O) groups is 2. The van der Waals surface area contributed by atoms with Gasteiger partial charge in [0.05, 0.1) is 36.4 Å². The summed E-state index contributed by atoms with van der Waals surface area (Å²) in [5.74, 6) is -0.410. The molecule has 34 heavy (non-hydrogen) atoms. The Morgan fingerprint density at radius 3 is 2.59 bits per heavy atom. The zero-order chi connectivity index (χ0) is 24.1. The highest BCUT2D eigenvalue weighted by Gasteiger charge is 2.30. The highest BCUT2D eigenvalue weighted by atomic mass is 19.1. The smallest absolute Gasteiger partial charge is 0.288 e. The molecule has 1 saturated carbocycles. The number of ether oxygens (including phenoxy) is 1. The van der Waals surface area contributed by atoms with Crippen LogP contribution in [0.1, 0.15) is 30.3 Å². The number of hydrogen-bond acceptors (Lipinski definition) is 9. The van der Waals surface area contributed by atoms with Gasteiger partial charge in [0, 0.05) is 18.5 Å². The lowest BCUT2D eigenvalue weighted by atomic mass is 10.1. The van der Waals surface area contributed by atoms with Crippen molar-refractivity contribution in [3.8, 4) is 17.1 Å². The Hall–Kier alpha value is -4.19. The van der Waals surface area contributed by atoms with Crippen molar-refractivity contribution in [1.29, 1.82) is 0 Å². The van der Waals surface area contributed by atoms with Gasteiger partial charge in [-0.15, -0.1) is 10.2 Å². The maximum atomic E-state index is 13.3. The van der Waals surface area contributed by atoms with Crippen LogP contribution in [-0.2, 0) is 4.79 Å². The van der Waals surface area contributed by atoms with Crippen LogP contribution in [0.2, 0.25) is 0 Å². The molecule has 0 atom stereocenters. The number of nitrogens with zero attached hydrogens (tertiary/aromatic N) is 4. The number of nitrogens with one attached hydrogen (secondary N) is 4. The fraction of sp³-hybridized carbons (Fsp3) is 0.273. The van der Waals surface area contributed by atoms with Crippen LogP contribution in [0.3, 0.4) is 0 Å². The van der Waals surface area contributed by atoms with E-state index in [0.717, 1.165) is 25.2 Å². The molecule has 176 valence electrons. The number of carbonyl (C=O) groups excluding carboxylic acids is 2. The number of anilines is 3. The zero-order valence-electron chi connectivity index (χ0n) is 18.6. The molecule has 11 nitrogen and oxygen atoms in total. The summed E-state index contributed by atoms with van der Waals surface area (Å²) in [6.07, 6.45) is 3.80. The summed E-state index contributed by atoms with van der Waals surface area (Å²) >= 11 is 0. The molecule has 1 aromatic carbocycles. The molecule has 0 bridgehead atoms. The predicted octanol–water partition coefficient (Wildman–Crippen LogP) is 2.43. The van der Waals surface area contributed by atoms with E-state index in [-0.39, 0.29) is 34.8 Å². The normalized spacial score (nSPS) is 12.7. The summed E-state index contributed by atoms with van der Waals surface area (Å²) in [6.45, 7) is 2.33. The van der Waals surface area contributed by atoms with Crippen molar-refractivity contribution < 1.29 is 18.7 Å². The second kappa shape index (κ2) is 10.2. The first-order valence-corrected chi connectivity index (χ1v) is 10.6. The summed E-state index contributed by atoms with van der Waals surface area (Å²) in [7, 11) is 1.47. The third-order valence-corrected chi connectivity index (χ3v) is 4.94. The molecule has 1 aliphatic rings. The molecule has 2 amide bonds. The molecule has 1 aliphatic carbocycles. The SMILES string of the molecule is CCNNC(=O)c1nnc(NC(=O)C2CC2)cc1Nc1cccc(-c2ncc(F)cn2)c1OC. The minimum atomic E-state index is -0.558. The van der Waals surface area contributed by atoms with E-state index >= 15 is 0 Å². The Balaban J connectivity index is 1.70. The number of benzene rings is 1. The fourth-order valence-electron chi connectivity index (χ4n) is 3.15. The summed E-state index contributed by atoms with van der Waals surface area (Å²) < 4.78 is 18.9. The zero-order valence-corrected chi connectivity index (χ0v) is 18.6. The Bertz CT molecular complexity index is 1200. The quantitative estimate of drug-likeness (QED) is 0.350. The number of hydrogen-bond donors (Lipinski definition) is 4. The number of amides is 2. The summed E-state index contributed by atoms with van der Waals surface area (Å²) in [4.78, 5) is 32.9. The molecule has 4 rings (SSSR count). The number of hydrazine groups is 1. The summed E-state index contributed by atoms with van der Waals surface area (Å²) in [6, 6.07) is 6.70. The molecule has 0 radical (unpaired) electrons. The van der Waals surface area contributed by atoms with Crippen LogP contribution in [-0.4, -0.2) is 45.6 Å². The third-order valence-electron chi connectivity index (χ3n) is 4.94. The lowest BCUT2D eigenvalue weighted by molar-refractivity contribution is -0.117. The second-order valence-electron chi connectivity index (χ2n) is 7.48. The van der Waals surface area contributed by atoms with Crippen molar-refractivity contribution in [2.75, 3.05) is 24.3 Å². The lowest BCUT2D eigenvalue weighted by Gasteiger charge is -2.16. The van der Waals surface area contributed by atoms with Gasteiger partial charge in [0.15, 0.2) is 28.9 Å². The van der Waals surface area contributed by atoms with E-state index in [9.17, 15) is 14.0 Å². The Kier molecular flexibility index (Phi) is 6.87. The number of rotatable bonds is 9. The number of aromatic nitrogens is 4. The van der Waals surface area contributed by atoms with Crippen molar-refractivity contribution >= 4 is 29.0 Å². The minimum absolute atomic E-state index is 0.00383. The van der Waals surface area contributed by atoms with Crippen LogP contribution in [0.25, 0.3) is 11.4 Å². The van der Waals surface area contributed by atoms with Gasteiger partial charge in [-0.05, 0) is 25.0 Å². The second-order valence-corrected chi connectivity index (χ2v) is 7.48. The Labute approximate surface area is 194 Å². The van der Waals surface area contributed by atoms with Gasteiger partial charge in [-0.25, -0.2) is 19.8 Å². The molecule has 0 spiro atoms. The van der Waals surface area contributed by atoms with Gasteiger partial charge in [0.25, 0.3) is 5.91 Å². The average Bonchev–Trinajstić information content (AvgIpc) is 3.69. The van der Waals surface area contributed by atoms with Gasteiger partial charge in [-0.2, -0.15) is 0 Å². The molecule has 0 unspecified atom stereocenters. The van der Waals surface area contributed by atoms with Gasteiger partial charge in [0.1, 0.15) is 0 Å². The summed E-state index contributed by atoms with van der Waals surface area (Å²) in [5, 5.41) is 13.9. The van der Waals surface area contributed by atoms with Crippen molar-refractivity contribution in [2.24, 2.45) is 5.92 Å². The molecule has 12 heteroatoms. The van der Waals surface area contributed by atoms with Crippen LogP contribution in [0.4, 0.5) is 21.6 Å². The van der Waals surface area contributed by atoms with E-state index < -0.39 is 11.7 Å². The van der Waals surface area contributed by atoms with Gasteiger partial charge in [-0.1, -0.05) is 13.0 Å². The maximum absolute atomic E-state index is 13.3. The van der Waals surface area contributed by atoms with Crippen LogP contribution in [0.5, 0.6) is 5.75 Å². The van der Waals surface area contributed by atoms with E-state index in [0.29, 0.717) is 23.5 Å². The monoisotopic (exact) mass is 466 g/mol. The molecule has 3 aromatic rings. The standard InChI is InChI=1S/C22H23FN8O3/c1-3-26-31-22(33)18-16(9-17(29-30-18)28-21(32)12-7-8-12)27-15-6-4-5-14(19(15)34-2)20-24-10-13(23)11-25-20/h4-6,9-12,26H,3,7-8H2,1-2H3,(H,31,33)(H2,27,28,29,32). The largest absolute Gasteiger partial charge is 0.494 e. The first-order valence-electron chi connectivity index (χ1n) is 10.6. The van der Waals surface area contributed by atoms with Gasteiger partial charge in [-0.3, -0.25) is 15.0 Å². The topological polar surface area (TPSA) is 143 Å². The third kappa shape index (κ3) is 5.23. The molecule has 4 N–H and O–H groups in total. The lowest BCUT2D eigenvalue weighted by Crippen LogP contribution is -2.38. The van der Waals surface area contributed by atoms with Crippen LogP contribution in [0, 0.1) is 11.7 Å². The van der Waals surface area contributed by atoms with Gasteiger partial charge in [0.2, 0.25) is 5.91 Å². The highest BCUT2D eigenvalue weighted by Crippen LogP contribution is 2.37. The molecule has 2 aromatic heterocycles. The highest BCUT2D eigenvalue weighted by molar-refractivity contribution is 6.00. The van der Waals surface area contributed by atoms with E-state index in [4.69, 9.17) is 4.74 Å². The number of halogens is 1. The fourth-order valence-corrected chi connectivity index (χ4v) is 3.15. The number of methoxy groups -OCH3 is 1. The van der Waals surface area contributed by atoms with Crippen LogP contribution in [0.15, 0.2) is 36.7 Å². The first-order chi connectivity index (χ1) is 16.5.